The van der Waals surface area contributed by atoms with Crippen molar-refractivity contribution >= 4 is 18.5 Å². The zero-order valence-electron chi connectivity index (χ0n) is 15.1. The Labute approximate surface area is 213 Å². The first-order valence-corrected chi connectivity index (χ1v) is 5.40. The van der Waals surface area contributed by atoms with Crippen LogP contribution in [-0.4, -0.2) is 50.9 Å². The molecule has 0 atom stereocenters. The van der Waals surface area contributed by atoms with Crippen LogP contribution in [0.4, 0.5) is 14.4 Å². The minimum absolute atomic E-state index is 0. The average molecular weight is 404 g/mol. The van der Waals surface area contributed by atoms with Crippen molar-refractivity contribution in [2.75, 3.05) is 26.9 Å². The van der Waals surface area contributed by atoms with Gasteiger partial charge in [-0.05, 0) is 20.8 Å². The maximum absolute atomic E-state index is 10.4. The van der Waals surface area contributed by atoms with Crippen molar-refractivity contribution in [2.45, 2.75) is 20.8 Å². The molecule has 0 radical (unpaired) electrons. The van der Waals surface area contributed by atoms with Crippen LogP contribution in [0.15, 0.2) is 0 Å². The number of ether oxygens (including phenoxy) is 4. The zero-order chi connectivity index (χ0) is 15.1. The van der Waals surface area contributed by atoms with Gasteiger partial charge in [0.15, 0.2) is 0 Å². The molecular weight excluding hydrogens is 385 g/mol. The topological polar surface area (TPSA) is 137 Å². The van der Waals surface area contributed by atoms with Crippen molar-refractivity contribution in [3.05, 3.63) is 0 Å². The second-order valence-electron chi connectivity index (χ2n) is 2.42. The summed E-state index contributed by atoms with van der Waals surface area (Å²) < 4.78 is 17.0. The van der Waals surface area contributed by atoms with E-state index in [-0.39, 0.29) is 120 Å². The van der Waals surface area contributed by atoms with Crippen LogP contribution >= 0.6 is 0 Å². The van der Waals surface area contributed by atoms with E-state index in [1.165, 1.54) is 7.11 Å². The van der Waals surface area contributed by atoms with E-state index >= 15 is 0 Å². The molecule has 0 bridgehead atoms. The van der Waals surface area contributed by atoms with Crippen LogP contribution in [0.5, 0.6) is 0 Å². The summed E-state index contributed by atoms with van der Waals surface area (Å²) in [5, 5.41) is 0. The first-order chi connectivity index (χ1) is 9.01. The maximum Gasteiger partial charge on any atom is 1.00 e. The summed E-state index contributed by atoms with van der Waals surface area (Å²) in [5.41, 5.74) is 0. The van der Waals surface area contributed by atoms with Crippen LogP contribution in [0.2, 0.25) is 0 Å². The number of hydrogen-bond acceptors (Lipinski definition) is 10. The van der Waals surface area contributed by atoms with Crippen LogP contribution in [0.1, 0.15) is 20.8 Å². The largest absolute Gasteiger partial charge is 1.00 e. The molecule has 0 fully saturated rings. The van der Waals surface area contributed by atoms with Gasteiger partial charge in [-0.3, -0.25) is 0 Å². The fraction of sp³-hybridized carbons (Fsp3) is 0.700. The third-order valence-corrected chi connectivity index (χ3v) is 1.13. The van der Waals surface area contributed by atoms with Crippen LogP contribution in [0.3, 0.4) is 0 Å². The molecule has 0 amide bonds. The predicted molar refractivity (Wildman–Crippen MR) is 62.2 cm³/mol. The van der Waals surface area contributed by atoms with E-state index in [1.54, 1.807) is 20.8 Å². The molecule has 0 aromatic carbocycles. The standard InChI is InChI=1S/C6H10O6.C4H8O3.ClH.3Na.H2O/c1-3-9-5(7)11-12-6(8)10-4-2;1-3-7-4(5)6-2;;;;;/h3-4H2,1-2H3;3H2,1-2H3;1H;;;;1H2/q;;;3*+1;/p-2. The van der Waals surface area contributed by atoms with Crippen molar-refractivity contribution < 1.29 is 150 Å². The molecular formula is C10H19ClNa3O10+. The van der Waals surface area contributed by atoms with E-state index in [9.17, 15) is 14.4 Å². The average Bonchev–Trinajstić information content (AvgIpc) is 2.38. The Kier molecular flexibility index (Phi) is 65.3. The van der Waals surface area contributed by atoms with Crippen molar-refractivity contribution in [1.82, 2.24) is 0 Å². The molecule has 0 aliphatic carbocycles. The summed E-state index contributed by atoms with van der Waals surface area (Å²) in [4.78, 5) is 38.4. The van der Waals surface area contributed by atoms with Gasteiger partial charge < -0.3 is 36.8 Å². The third kappa shape index (κ3) is 38.6. The Morgan fingerprint density at radius 1 is 0.667 bits per heavy atom. The summed E-state index contributed by atoms with van der Waals surface area (Å²) in [6.07, 6.45) is -2.78. The molecule has 0 aromatic rings. The molecule has 0 unspecified atom stereocenters. The van der Waals surface area contributed by atoms with Gasteiger partial charge in [0.25, 0.3) is 0 Å². The van der Waals surface area contributed by atoms with Gasteiger partial charge in [0, 0.05) is 0 Å². The summed E-state index contributed by atoms with van der Waals surface area (Å²) in [7, 11) is 1.28. The molecule has 0 rings (SSSR count). The van der Waals surface area contributed by atoms with Gasteiger partial charge >= 0.3 is 107 Å². The number of halogens is 1. The molecule has 24 heavy (non-hydrogen) atoms. The molecule has 0 saturated carbocycles. The minimum Gasteiger partial charge on any atom is -1.00 e. The Morgan fingerprint density at radius 3 is 1.08 bits per heavy atom. The van der Waals surface area contributed by atoms with Gasteiger partial charge in [-0.25, -0.2) is 4.79 Å². The molecule has 10 nitrogen and oxygen atoms in total. The Balaban J connectivity index is -0.0000000432. The normalized spacial score (nSPS) is 6.50. The number of carbonyl (C=O) groups is 3. The third-order valence-electron chi connectivity index (χ3n) is 1.13. The predicted octanol–water partition coefficient (Wildman–Crippen LogP) is -10.1. The molecule has 0 aromatic heterocycles. The first kappa shape index (κ1) is 44.5. The van der Waals surface area contributed by atoms with Gasteiger partial charge in [0.05, 0.1) is 26.9 Å². The second kappa shape index (κ2) is 35.2. The molecule has 128 valence electrons. The van der Waals surface area contributed by atoms with E-state index in [0.717, 1.165) is 0 Å². The van der Waals surface area contributed by atoms with E-state index in [1.807, 2.05) is 0 Å². The second-order valence-corrected chi connectivity index (χ2v) is 2.42. The molecule has 14 heteroatoms. The minimum atomic E-state index is -1.08. The molecule has 0 spiro atoms. The summed E-state index contributed by atoms with van der Waals surface area (Å²) in [6, 6.07) is 0. The fourth-order valence-electron chi connectivity index (χ4n) is 0.529. The molecule has 0 saturated heterocycles. The van der Waals surface area contributed by atoms with Gasteiger partial charge in [-0.2, -0.15) is 19.4 Å². The van der Waals surface area contributed by atoms with Crippen LogP contribution < -0.4 is 101 Å². The van der Waals surface area contributed by atoms with Crippen molar-refractivity contribution in [3.63, 3.8) is 0 Å². The first-order valence-electron chi connectivity index (χ1n) is 5.40. The van der Waals surface area contributed by atoms with Crippen molar-refractivity contribution in [2.24, 2.45) is 0 Å². The number of methoxy groups -OCH3 is 1. The quantitative estimate of drug-likeness (QED) is 0.147. The van der Waals surface area contributed by atoms with Crippen LogP contribution in [0.25, 0.3) is 0 Å². The van der Waals surface area contributed by atoms with E-state index in [4.69, 9.17) is 0 Å². The number of carbonyl (C=O) groups excluding carboxylic acids is 3. The SMILES string of the molecule is CCOC(=O)OC.CCOC(=O)OOC(=O)OCC.[Cl-].[Na+].[Na+].[Na+].[OH-]. The van der Waals surface area contributed by atoms with Gasteiger partial charge in [-0.15, -0.1) is 0 Å². The Morgan fingerprint density at radius 2 is 0.917 bits per heavy atom. The van der Waals surface area contributed by atoms with Crippen LogP contribution in [0, 0.1) is 0 Å². The zero-order valence-corrected chi connectivity index (χ0v) is 21.9. The Hall–Kier alpha value is 1.06. The van der Waals surface area contributed by atoms with Crippen LogP contribution in [-0.2, 0) is 28.7 Å². The monoisotopic (exact) mass is 403 g/mol. The molecule has 0 aliphatic heterocycles. The van der Waals surface area contributed by atoms with Gasteiger partial charge in [-0.1, -0.05) is 0 Å². The van der Waals surface area contributed by atoms with E-state index in [2.05, 4.69) is 28.7 Å². The molecule has 0 aliphatic rings. The van der Waals surface area contributed by atoms with Gasteiger partial charge in [0.2, 0.25) is 0 Å². The number of hydrogen-bond donors (Lipinski definition) is 0. The van der Waals surface area contributed by atoms with Crippen molar-refractivity contribution in [1.29, 1.82) is 0 Å². The summed E-state index contributed by atoms with van der Waals surface area (Å²) in [5.74, 6) is 0. The van der Waals surface area contributed by atoms with Gasteiger partial charge in [0.1, 0.15) is 0 Å². The summed E-state index contributed by atoms with van der Waals surface area (Å²) in [6.45, 7) is 5.55. The fourth-order valence-corrected chi connectivity index (χ4v) is 0.529. The van der Waals surface area contributed by atoms with E-state index < -0.39 is 18.5 Å². The number of rotatable bonds is 3. The smallest absolute Gasteiger partial charge is 1.00 e. The Bertz CT molecular complexity index is 266. The molecule has 0 heterocycles. The maximum atomic E-state index is 10.4. The van der Waals surface area contributed by atoms with Crippen molar-refractivity contribution in [3.8, 4) is 0 Å². The summed E-state index contributed by atoms with van der Waals surface area (Å²) >= 11 is 0. The molecule has 1 N–H and O–H groups in total. The van der Waals surface area contributed by atoms with E-state index in [0.29, 0.717) is 6.61 Å².